The lowest BCUT2D eigenvalue weighted by Crippen LogP contribution is -2.49. The Morgan fingerprint density at radius 3 is 2.58 bits per heavy atom. The van der Waals surface area contributed by atoms with Crippen LogP contribution in [0.4, 0.5) is 5.69 Å². The largest absolute Gasteiger partial charge is 0.492 e. The molecule has 2 aromatic heterocycles. The lowest BCUT2D eigenvalue weighted by Gasteiger charge is -2.37. The standard InChI is InChI=1S/C23H26N4O3S/c1-4-29-18-9-6-5-8-17(18)26-11-13-27(14-12-26)23(28)20-16(2)24-21(25-22(20)31-3)19-10-7-15-30-19/h5-10,15H,4,11-14H2,1-3H3. The summed E-state index contributed by atoms with van der Waals surface area (Å²) in [6.45, 7) is 7.22. The summed E-state index contributed by atoms with van der Waals surface area (Å²) in [6.07, 6.45) is 3.52. The summed E-state index contributed by atoms with van der Waals surface area (Å²) in [5.41, 5.74) is 2.31. The first-order chi connectivity index (χ1) is 15.1. The van der Waals surface area contributed by atoms with Gasteiger partial charge in [0.15, 0.2) is 11.6 Å². The van der Waals surface area contributed by atoms with Crippen molar-refractivity contribution in [1.29, 1.82) is 0 Å². The van der Waals surface area contributed by atoms with Gasteiger partial charge in [-0.2, -0.15) is 0 Å². The number of hydrogen-bond donors (Lipinski definition) is 0. The SMILES string of the molecule is CCOc1ccccc1N1CCN(C(=O)c2c(C)nc(-c3ccco3)nc2SC)CC1. The third-order valence-corrected chi connectivity index (χ3v) is 5.96. The highest BCUT2D eigenvalue weighted by Gasteiger charge is 2.28. The molecule has 7 nitrogen and oxygen atoms in total. The van der Waals surface area contributed by atoms with E-state index in [1.165, 1.54) is 11.8 Å². The van der Waals surface area contributed by atoms with Crippen molar-refractivity contribution in [3.05, 3.63) is 53.9 Å². The Bertz CT molecular complexity index is 1050. The molecule has 8 heteroatoms. The van der Waals surface area contributed by atoms with Crippen molar-refractivity contribution in [2.24, 2.45) is 0 Å². The van der Waals surface area contributed by atoms with E-state index in [9.17, 15) is 4.79 Å². The fourth-order valence-electron chi connectivity index (χ4n) is 3.76. The zero-order chi connectivity index (χ0) is 21.8. The van der Waals surface area contributed by atoms with E-state index in [1.54, 1.807) is 12.3 Å². The smallest absolute Gasteiger partial charge is 0.258 e. The van der Waals surface area contributed by atoms with Crippen molar-refractivity contribution in [2.45, 2.75) is 18.9 Å². The molecule has 0 spiro atoms. The number of piperazine rings is 1. The summed E-state index contributed by atoms with van der Waals surface area (Å²) in [5, 5.41) is 0.674. The molecule has 4 rings (SSSR count). The molecule has 0 N–H and O–H groups in total. The van der Waals surface area contributed by atoms with Gasteiger partial charge in [-0.25, -0.2) is 9.97 Å². The van der Waals surface area contributed by atoms with E-state index in [0.29, 0.717) is 47.6 Å². The number of aromatic nitrogens is 2. The Kier molecular flexibility index (Phi) is 6.46. The van der Waals surface area contributed by atoms with Crippen LogP contribution in [0, 0.1) is 6.92 Å². The Balaban J connectivity index is 1.52. The number of aryl methyl sites for hydroxylation is 1. The number of para-hydroxylation sites is 2. The van der Waals surface area contributed by atoms with Crippen LogP contribution in [0.1, 0.15) is 23.0 Å². The van der Waals surface area contributed by atoms with Crippen molar-refractivity contribution in [1.82, 2.24) is 14.9 Å². The molecule has 1 aliphatic heterocycles. The fraction of sp³-hybridized carbons (Fsp3) is 0.348. The lowest BCUT2D eigenvalue weighted by molar-refractivity contribution is 0.0741. The average Bonchev–Trinajstić information content (AvgIpc) is 3.34. The van der Waals surface area contributed by atoms with Crippen molar-refractivity contribution < 1.29 is 13.9 Å². The number of furan rings is 1. The van der Waals surface area contributed by atoms with Gasteiger partial charge in [-0.3, -0.25) is 4.79 Å². The van der Waals surface area contributed by atoms with Crippen LogP contribution in [0.3, 0.4) is 0 Å². The Hall–Kier alpha value is -3.00. The molecular formula is C23H26N4O3S. The molecule has 1 saturated heterocycles. The molecule has 3 heterocycles. The van der Waals surface area contributed by atoms with Crippen molar-refractivity contribution in [3.63, 3.8) is 0 Å². The highest BCUT2D eigenvalue weighted by atomic mass is 32.2. The summed E-state index contributed by atoms with van der Waals surface area (Å²) >= 11 is 1.45. The summed E-state index contributed by atoms with van der Waals surface area (Å²) in [6, 6.07) is 11.7. The van der Waals surface area contributed by atoms with Crippen LogP contribution in [0.15, 0.2) is 52.1 Å². The van der Waals surface area contributed by atoms with Gasteiger partial charge in [0.25, 0.3) is 5.91 Å². The average molecular weight is 439 g/mol. The van der Waals surface area contributed by atoms with Gasteiger partial charge in [0.05, 0.1) is 29.8 Å². The maximum Gasteiger partial charge on any atom is 0.258 e. The predicted octanol–water partition coefficient (Wildman–Crippen LogP) is 4.13. The molecule has 1 aliphatic rings. The second kappa shape index (κ2) is 9.43. The van der Waals surface area contributed by atoms with Crippen LogP contribution in [0.2, 0.25) is 0 Å². The molecule has 0 bridgehead atoms. The third-order valence-electron chi connectivity index (χ3n) is 5.28. The van der Waals surface area contributed by atoms with Gasteiger partial charge in [-0.15, -0.1) is 11.8 Å². The Morgan fingerprint density at radius 2 is 1.90 bits per heavy atom. The highest BCUT2D eigenvalue weighted by molar-refractivity contribution is 7.98. The zero-order valence-corrected chi connectivity index (χ0v) is 18.8. The first-order valence-electron chi connectivity index (χ1n) is 10.3. The quantitative estimate of drug-likeness (QED) is 0.423. The number of carbonyl (C=O) groups excluding carboxylic acids is 1. The van der Waals surface area contributed by atoms with Crippen molar-refractivity contribution >= 4 is 23.4 Å². The second-order valence-corrected chi connectivity index (χ2v) is 7.97. The molecule has 1 fully saturated rings. The summed E-state index contributed by atoms with van der Waals surface area (Å²) in [4.78, 5) is 26.7. The lowest BCUT2D eigenvalue weighted by atomic mass is 10.1. The van der Waals surface area contributed by atoms with Gasteiger partial charge in [0.1, 0.15) is 10.8 Å². The van der Waals surface area contributed by atoms with Gasteiger partial charge in [-0.1, -0.05) is 12.1 Å². The van der Waals surface area contributed by atoms with Gasteiger partial charge in [0.2, 0.25) is 0 Å². The Labute approximate surface area is 186 Å². The minimum Gasteiger partial charge on any atom is -0.492 e. The first kappa shape index (κ1) is 21.2. The molecule has 3 aromatic rings. The van der Waals surface area contributed by atoms with Crippen LogP contribution < -0.4 is 9.64 Å². The maximum atomic E-state index is 13.4. The second-order valence-electron chi connectivity index (χ2n) is 7.17. The molecule has 0 saturated carbocycles. The molecular weight excluding hydrogens is 412 g/mol. The van der Waals surface area contributed by atoms with E-state index in [0.717, 1.165) is 24.5 Å². The third kappa shape index (κ3) is 4.39. The summed E-state index contributed by atoms with van der Waals surface area (Å²) in [5.74, 6) is 1.96. The van der Waals surface area contributed by atoms with Gasteiger partial charge in [0, 0.05) is 26.2 Å². The molecule has 162 valence electrons. The van der Waals surface area contributed by atoms with Gasteiger partial charge < -0.3 is 19.0 Å². The fourth-order valence-corrected chi connectivity index (χ4v) is 4.38. The maximum absolute atomic E-state index is 13.4. The number of carbonyl (C=O) groups is 1. The molecule has 1 amide bonds. The Morgan fingerprint density at radius 1 is 1.13 bits per heavy atom. The number of hydrogen-bond acceptors (Lipinski definition) is 7. The number of anilines is 1. The van der Waals surface area contributed by atoms with Crippen LogP contribution in [-0.4, -0.2) is 59.8 Å². The molecule has 1 aromatic carbocycles. The van der Waals surface area contributed by atoms with Crippen LogP contribution in [0.25, 0.3) is 11.6 Å². The van der Waals surface area contributed by atoms with E-state index >= 15 is 0 Å². The van der Waals surface area contributed by atoms with E-state index in [-0.39, 0.29) is 5.91 Å². The van der Waals surface area contributed by atoms with Crippen LogP contribution in [-0.2, 0) is 0 Å². The van der Waals surface area contributed by atoms with E-state index in [2.05, 4.69) is 20.9 Å². The number of thioether (sulfide) groups is 1. The monoisotopic (exact) mass is 438 g/mol. The normalized spacial score (nSPS) is 14.0. The number of rotatable bonds is 6. The number of amides is 1. The van der Waals surface area contributed by atoms with E-state index in [1.807, 2.05) is 49.3 Å². The molecule has 0 aliphatic carbocycles. The summed E-state index contributed by atoms with van der Waals surface area (Å²) in [7, 11) is 0. The highest BCUT2D eigenvalue weighted by Crippen LogP contribution is 2.30. The van der Waals surface area contributed by atoms with Crippen LogP contribution in [0.5, 0.6) is 5.75 Å². The van der Waals surface area contributed by atoms with Gasteiger partial charge >= 0.3 is 0 Å². The first-order valence-corrected chi connectivity index (χ1v) is 11.6. The molecule has 31 heavy (non-hydrogen) atoms. The molecule has 0 radical (unpaired) electrons. The predicted molar refractivity (Wildman–Crippen MR) is 122 cm³/mol. The number of ether oxygens (including phenoxy) is 1. The zero-order valence-electron chi connectivity index (χ0n) is 18.0. The van der Waals surface area contributed by atoms with Crippen molar-refractivity contribution in [3.8, 4) is 17.3 Å². The topological polar surface area (TPSA) is 71.7 Å². The minimum atomic E-state index is -0.0226. The van der Waals surface area contributed by atoms with E-state index in [4.69, 9.17) is 9.15 Å². The summed E-state index contributed by atoms with van der Waals surface area (Å²) < 4.78 is 11.2. The van der Waals surface area contributed by atoms with E-state index < -0.39 is 0 Å². The van der Waals surface area contributed by atoms with Crippen LogP contribution >= 0.6 is 11.8 Å². The molecule has 0 atom stereocenters. The minimum absolute atomic E-state index is 0.0226. The number of benzene rings is 1. The molecule has 0 unspecified atom stereocenters. The van der Waals surface area contributed by atoms with Crippen molar-refractivity contribution in [2.75, 3.05) is 43.9 Å². The van der Waals surface area contributed by atoms with Gasteiger partial charge in [-0.05, 0) is 44.4 Å². The number of nitrogens with zero attached hydrogens (tertiary/aromatic N) is 4.